The standard InChI is InChI=1S/C17H19BrN2O2S/c1-11-2-3-13(17(21)20-5-4-14(19)8-20)7-15(11)22-9-12-6-16(18)23-10-12/h2-3,6-7,10,14H,4-5,8-9,19H2,1H3/t14-/m1/s1. The average molecular weight is 395 g/mol. The number of benzene rings is 1. The van der Waals surface area contributed by atoms with Crippen LogP contribution in [0.4, 0.5) is 0 Å². The Hall–Kier alpha value is -1.37. The summed E-state index contributed by atoms with van der Waals surface area (Å²) in [5, 5.41) is 2.06. The molecule has 2 aromatic rings. The van der Waals surface area contributed by atoms with Gasteiger partial charge in [-0.25, -0.2) is 0 Å². The molecule has 1 amide bonds. The molecule has 1 aromatic carbocycles. The molecule has 0 radical (unpaired) electrons. The van der Waals surface area contributed by atoms with Gasteiger partial charge < -0.3 is 15.4 Å². The van der Waals surface area contributed by atoms with Gasteiger partial charge >= 0.3 is 0 Å². The lowest BCUT2D eigenvalue weighted by atomic mass is 10.1. The van der Waals surface area contributed by atoms with Crippen LogP contribution in [0.25, 0.3) is 0 Å². The smallest absolute Gasteiger partial charge is 0.254 e. The maximum atomic E-state index is 12.5. The summed E-state index contributed by atoms with van der Waals surface area (Å²) in [5.41, 5.74) is 8.68. The molecular weight excluding hydrogens is 376 g/mol. The van der Waals surface area contributed by atoms with Crippen LogP contribution in [0.15, 0.2) is 33.4 Å². The number of carbonyl (C=O) groups is 1. The summed E-state index contributed by atoms with van der Waals surface area (Å²) in [5.74, 6) is 0.780. The van der Waals surface area contributed by atoms with Crippen LogP contribution in [0.5, 0.6) is 5.75 Å². The van der Waals surface area contributed by atoms with Crippen molar-refractivity contribution >= 4 is 33.2 Å². The van der Waals surface area contributed by atoms with Crippen molar-refractivity contribution in [3.05, 3.63) is 50.1 Å². The predicted octanol–water partition coefficient (Wildman–Crippen LogP) is 3.57. The van der Waals surface area contributed by atoms with Crippen LogP contribution in [-0.4, -0.2) is 29.9 Å². The van der Waals surface area contributed by atoms with Crippen molar-refractivity contribution in [2.45, 2.75) is 26.0 Å². The van der Waals surface area contributed by atoms with E-state index in [1.807, 2.05) is 36.1 Å². The predicted molar refractivity (Wildman–Crippen MR) is 96.0 cm³/mol. The lowest BCUT2D eigenvalue weighted by Crippen LogP contribution is -2.31. The summed E-state index contributed by atoms with van der Waals surface area (Å²) in [4.78, 5) is 14.4. The molecule has 0 unspecified atom stereocenters. The Morgan fingerprint density at radius 2 is 2.30 bits per heavy atom. The second-order valence-electron chi connectivity index (χ2n) is 5.83. The van der Waals surface area contributed by atoms with Gasteiger partial charge in [0.05, 0.1) is 3.79 Å². The van der Waals surface area contributed by atoms with Crippen LogP contribution in [0, 0.1) is 6.92 Å². The molecule has 0 spiro atoms. The molecule has 1 aromatic heterocycles. The van der Waals surface area contributed by atoms with Gasteiger partial charge in [-0.05, 0) is 58.4 Å². The maximum Gasteiger partial charge on any atom is 0.254 e. The van der Waals surface area contributed by atoms with Crippen LogP contribution in [0.2, 0.25) is 0 Å². The van der Waals surface area contributed by atoms with Gasteiger partial charge in [-0.15, -0.1) is 11.3 Å². The minimum absolute atomic E-state index is 0.0288. The third kappa shape index (κ3) is 3.94. The van der Waals surface area contributed by atoms with E-state index in [2.05, 4.69) is 21.3 Å². The highest BCUT2D eigenvalue weighted by Crippen LogP contribution is 2.25. The van der Waals surface area contributed by atoms with E-state index in [0.29, 0.717) is 18.7 Å². The molecule has 2 N–H and O–H groups in total. The molecule has 0 bridgehead atoms. The number of halogens is 1. The van der Waals surface area contributed by atoms with Crippen LogP contribution in [0.3, 0.4) is 0 Å². The Balaban J connectivity index is 1.72. The van der Waals surface area contributed by atoms with E-state index >= 15 is 0 Å². The fourth-order valence-electron chi connectivity index (χ4n) is 2.63. The van der Waals surface area contributed by atoms with E-state index in [1.165, 1.54) is 0 Å². The number of likely N-dealkylation sites (tertiary alicyclic amines) is 1. The minimum atomic E-state index is 0.0288. The summed E-state index contributed by atoms with van der Waals surface area (Å²) in [6.45, 7) is 3.84. The molecule has 3 rings (SSSR count). The highest BCUT2D eigenvalue weighted by Gasteiger charge is 2.24. The van der Waals surface area contributed by atoms with E-state index in [4.69, 9.17) is 10.5 Å². The highest BCUT2D eigenvalue weighted by molar-refractivity contribution is 9.11. The number of nitrogens with zero attached hydrogens (tertiary/aromatic N) is 1. The summed E-state index contributed by atoms with van der Waals surface area (Å²) in [7, 11) is 0. The number of carbonyl (C=O) groups excluding carboxylic acids is 1. The number of aryl methyl sites for hydroxylation is 1. The van der Waals surface area contributed by atoms with Crippen molar-refractivity contribution in [2.24, 2.45) is 5.73 Å². The quantitative estimate of drug-likeness (QED) is 0.861. The van der Waals surface area contributed by atoms with E-state index in [0.717, 1.165) is 33.6 Å². The zero-order valence-corrected chi connectivity index (χ0v) is 15.3. The fourth-order valence-corrected chi connectivity index (χ4v) is 3.82. The Kier molecular flexibility index (Phi) is 5.04. The zero-order valence-electron chi connectivity index (χ0n) is 12.9. The number of thiophene rings is 1. The molecule has 1 atom stereocenters. The van der Waals surface area contributed by atoms with Crippen LogP contribution in [0.1, 0.15) is 27.9 Å². The molecule has 1 aliphatic rings. The van der Waals surface area contributed by atoms with E-state index in [-0.39, 0.29) is 11.9 Å². The minimum Gasteiger partial charge on any atom is -0.489 e. The topological polar surface area (TPSA) is 55.6 Å². The molecule has 1 saturated heterocycles. The third-order valence-corrected chi connectivity index (χ3v) is 5.52. The Morgan fingerprint density at radius 3 is 2.96 bits per heavy atom. The number of hydrogen-bond donors (Lipinski definition) is 1. The van der Waals surface area contributed by atoms with E-state index < -0.39 is 0 Å². The van der Waals surface area contributed by atoms with Crippen molar-refractivity contribution in [2.75, 3.05) is 13.1 Å². The number of hydrogen-bond acceptors (Lipinski definition) is 4. The van der Waals surface area contributed by atoms with Crippen molar-refractivity contribution in [3.63, 3.8) is 0 Å². The highest BCUT2D eigenvalue weighted by atomic mass is 79.9. The van der Waals surface area contributed by atoms with Crippen LogP contribution in [-0.2, 0) is 6.61 Å². The summed E-state index contributed by atoms with van der Waals surface area (Å²) in [6.07, 6.45) is 0.869. The van der Waals surface area contributed by atoms with Gasteiger partial charge in [-0.1, -0.05) is 6.07 Å². The SMILES string of the molecule is Cc1ccc(C(=O)N2CC[C@@H](N)C2)cc1OCc1csc(Br)c1. The lowest BCUT2D eigenvalue weighted by molar-refractivity contribution is 0.0790. The molecule has 23 heavy (non-hydrogen) atoms. The zero-order chi connectivity index (χ0) is 16.4. The first-order valence-electron chi connectivity index (χ1n) is 7.54. The number of rotatable bonds is 4. The van der Waals surface area contributed by atoms with Crippen LogP contribution < -0.4 is 10.5 Å². The van der Waals surface area contributed by atoms with Gasteiger partial charge in [0, 0.05) is 30.3 Å². The largest absolute Gasteiger partial charge is 0.489 e. The number of ether oxygens (including phenoxy) is 1. The van der Waals surface area contributed by atoms with E-state index in [1.54, 1.807) is 11.3 Å². The molecule has 0 aliphatic carbocycles. The molecular formula is C17H19BrN2O2S. The first-order valence-corrected chi connectivity index (χ1v) is 9.21. The van der Waals surface area contributed by atoms with E-state index in [9.17, 15) is 4.79 Å². The average Bonchev–Trinajstić information content (AvgIpc) is 3.14. The second kappa shape index (κ2) is 7.03. The monoisotopic (exact) mass is 394 g/mol. The van der Waals surface area contributed by atoms with Gasteiger partial charge in [-0.2, -0.15) is 0 Å². The fraction of sp³-hybridized carbons (Fsp3) is 0.353. The third-order valence-electron chi connectivity index (χ3n) is 3.96. The van der Waals surface area contributed by atoms with Crippen molar-refractivity contribution in [3.8, 4) is 5.75 Å². The summed E-state index contributed by atoms with van der Waals surface area (Å²) < 4.78 is 6.99. The Morgan fingerprint density at radius 1 is 1.48 bits per heavy atom. The molecule has 0 saturated carbocycles. The Labute approximate surface area is 148 Å². The normalized spacial score (nSPS) is 17.5. The van der Waals surface area contributed by atoms with Gasteiger partial charge in [0.1, 0.15) is 12.4 Å². The van der Waals surface area contributed by atoms with Crippen molar-refractivity contribution in [1.29, 1.82) is 0 Å². The number of nitrogens with two attached hydrogens (primary N) is 1. The van der Waals surface area contributed by atoms with Gasteiger partial charge in [0.15, 0.2) is 0 Å². The second-order valence-corrected chi connectivity index (χ2v) is 8.12. The lowest BCUT2D eigenvalue weighted by Gasteiger charge is -2.17. The summed E-state index contributed by atoms with van der Waals surface area (Å²) >= 11 is 5.08. The Bertz CT molecular complexity index is 716. The maximum absolute atomic E-state index is 12.5. The molecule has 122 valence electrons. The number of amides is 1. The van der Waals surface area contributed by atoms with Gasteiger partial charge in [0.2, 0.25) is 0 Å². The first-order chi connectivity index (χ1) is 11.0. The van der Waals surface area contributed by atoms with Crippen molar-refractivity contribution < 1.29 is 9.53 Å². The summed E-state index contributed by atoms with van der Waals surface area (Å²) in [6, 6.07) is 7.76. The van der Waals surface area contributed by atoms with Gasteiger partial charge in [-0.3, -0.25) is 4.79 Å². The molecule has 2 heterocycles. The molecule has 4 nitrogen and oxygen atoms in total. The first kappa shape index (κ1) is 16.5. The van der Waals surface area contributed by atoms with Crippen molar-refractivity contribution in [1.82, 2.24) is 4.90 Å². The molecule has 1 aliphatic heterocycles. The molecule has 1 fully saturated rings. The van der Waals surface area contributed by atoms with Gasteiger partial charge in [0.25, 0.3) is 5.91 Å². The molecule has 6 heteroatoms. The van der Waals surface area contributed by atoms with Crippen LogP contribution >= 0.6 is 27.3 Å².